The minimum atomic E-state index is 0.130. The molecule has 1 aromatic rings. The van der Waals surface area contributed by atoms with E-state index in [9.17, 15) is 0 Å². The van der Waals surface area contributed by atoms with Gasteiger partial charge in [0, 0.05) is 17.8 Å². The van der Waals surface area contributed by atoms with Gasteiger partial charge in [0.05, 0.1) is 6.61 Å². The monoisotopic (exact) mass is 205 g/mol. The first-order chi connectivity index (χ1) is 7.02. The summed E-state index contributed by atoms with van der Waals surface area (Å²) in [6, 6.07) is 6.28. The zero-order valence-electron chi connectivity index (χ0n) is 9.75. The summed E-state index contributed by atoms with van der Waals surface area (Å²) in [6.07, 6.45) is 1.12. The molecule has 0 atom stereocenters. The average molecular weight is 205 g/mol. The van der Waals surface area contributed by atoms with E-state index < -0.39 is 0 Å². The van der Waals surface area contributed by atoms with Gasteiger partial charge < -0.3 is 10.0 Å². The molecule has 2 heteroatoms. The van der Waals surface area contributed by atoms with E-state index in [1.165, 1.54) is 11.3 Å². The van der Waals surface area contributed by atoms with Crippen molar-refractivity contribution in [2.24, 2.45) is 0 Å². The van der Waals surface area contributed by atoms with Crippen molar-refractivity contribution in [1.29, 1.82) is 0 Å². The van der Waals surface area contributed by atoms with Crippen molar-refractivity contribution < 1.29 is 5.11 Å². The molecule has 2 nitrogen and oxygen atoms in total. The molecule has 1 aliphatic heterocycles. The van der Waals surface area contributed by atoms with E-state index >= 15 is 0 Å². The minimum Gasteiger partial charge on any atom is -0.392 e. The van der Waals surface area contributed by atoms with E-state index in [0.29, 0.717) is 0 Å². The average Bonchev–Trinajstić information content (AvgIpc) is 2.59. The number of benzene rings is 1. The summed E-state index contributed by atoms with van der Waals surface area (Å²) in [6.45, 7) is 7.91. The van der Waals surface area contributed by atoms with Crippen LogP contribution in [0.5, 0.6) is 0 Å². The van der Waals surface area contributed by atoms with Crippen molar-refractivity contribution >= 4 is 5.69 Å². The molecule has 82 valence electrons. The van der Waals surface area contributed by atoms with Crippen LogP contribution in [-0.2, 0) is 13.0 Å². The predicted octanol–water partition coefficient (Wildman–Crippen LogP) is 2.34. The van der Waals surface area contributed by atoms with Gasteiger partial charge in [-0.3, -0.25) is 0 Å². The first-order valence-corrected chi connectivity index (χ1v) is 5.52. The number of aliphatic hydroxyl groups is 1. The Balaban J connectivity index is 2.40. The second kappa shape index (κ2) is 3.53. The third kappa shape index (κ3) is 1.86. The molecule has 0 fully saturated rings. The summed E-state index contributed by atoms with van der Waals surface area (Å²) in [5, 5.41) is 9.14. The second-order valence-corrected chi connectivity index (χ2v) is 5.19. The Morgan fingerprint density at radius 3 is 2.67 bits per heavy atom. The van der Waals surface area contributed by atoms with E-state index in [2.05, 4.69) is 37.8 Å². The van der Waals surface area contributed by atoms with Crippen molar-refractivity contribution in [2.45, 2.75) is 39.3 Å². The number of rotatable bonds is 1. The lowest BCUT2D eigenvalue weighted by atomic mass is 10.0. The van der Waals surface area contributed by atoms with Gasteiger partial charge in [-0.05, 0) is 44.4 Å². The van der Waals surface area contributed by atoms with Gasteiger partial charge >= 0.3 is 0 Å². The normalized spacial score (nSPS) is 15.6. The maximum atomic E-state index is 9.14. The zero-order chi connectivity index (χ0) is 11.1. The van der Waals surface area contributed by atoms with Gasteiger partial charge in [-0.1, -0.05) is 12.1 Å². The van der Waals surface area contributed by atoms with Gasteiger partial charge in [-0.15, -0.1) is 0 Å². The molecule has 0 aliphatic carbocycles. The second-order valence-electron chi connectivity index (χ2n) is 5.19. The van der Waals surface area contributed by atoms with Gasteiger partial charge in [0.25, 0.3) is 0 Å². The summed E-state index contributed by atoms with van der Waals surface area (Å²) in [5.74, 6) is 0. The molecule has 1 aromatic carbocycles. The quantitative estimate of drug-likeness (QED) is 0.760. The summed E-state index contributed by atoms with van der Waals surface area (Å²) < 4.78 is 0. The molecule has 0 bridgehead atoms. The standard InChI is InChI=1S/C13H19NO/c1-13(2,3)14-7-6-11-5-4-10(9-15)8-12(11)14/h4-5,8,15H,6-7,9H2,1-3H3. The van der Waals surface area contributed by atoms with Crippen LogP contribution in [0.4, 0.5) is 5.69 Å². The van der Waals surface area contributed by atoms with Crippen LogP contribution in [-0.4, -0.2) is 17.2 Å². The molecule has 0 unspecified atom stereocenters. The van der Waals surface area contributed by atoms with E-state index in [1.807, 2.05) is 6.07 Å². The summed E-state index contributed by atoms with van der Waals surface area (Å²) >= 11 is 0. The van der Waals surface area contributed by atoms with Crippen LogP contribution in [0.2, 0.25) is 0 Å². The fourth-order valence-corrected chi connectivity index (χ4v) is 2.22. The number of hydrogen-bond donors (Lipinski definition) is 1. The lowest BCUT2D eigenvalue weighted by molar-refractivity contribution is 0.282. The molecule has 0 amide bonds. The number of anilines is 1. The molecule has 0 spiro atoms. The molecular weight excluding hydrogens is 186 g/mol. The molecular formula is C13H19NO. The first-order valence-electron chi connectivity index (χ1n) is 5.52. The Morgan fingerprint density at radius 2 is 2.07 bits per heavy atom. The fourth-order valence-electron chi connectivity index (χ4n) is 2.22. The Morgan fingerprint density at radius 1 is 1.33 bits per heavy atom. The van der Waals surface area contributed by atoms with Crippen LogP contribution in [0.3, 0.4) is 0 Å². The van der Waals surface area contributed by atoms with E-state index in [1.54, 1.807) is 0 Å². The van der Waals surface area contributed by atoms with Gasteiger partial charge in [-0.25, -0.2) is 0 Å². The van der Waals surface area contributed by atoms with Gasteiger partial charge in [0.1, 0.15) is 0 Å². The Hall–Kier alpha value is -1.02. The summed E-state index contributed by atoms with van der Waals surface area (Å²) in [4.78, 5) is 2.42. The van der Waals surface area contributed by atoms with Crippen molar-refractivity contribution in [2.75, 3.05) is 11.4 Å². The molecule has 1 aliphatic rings. The lowest BCUT2D eigenvalue weighted by Crippen LogP contribution is -2.40. The number of nitrogens with zero attached hydrogens (tertiary/aromatic N) is 1. The number of fused-ring (bicyclic) bond motifs is 1. The molecule has 15 heavy (non-hydrogen) atoms. The molecule has 0 saturated carbocycles. The zero-order valence-corrected chi connectivity index (χ0v) is 9.75. The van der Waals surface area contributed by atoms with E-state index in [0.717, 1.165) is 18.5 Å². The van der Waals surface area contributed by atoms with Gasteiger partial charge in [-0.2, -0.15) is 0 Å². The highest BCUT2D eigenvalue weighted by atomic mass is 16.3. The highest BCUT2D eigenvalue weighted by molar-refractivity contribution is 5.61. The SMILES string of the molecule is CC(C)(C)N1CCc2ccc(CO)cc21. The summed E-state index contributed by atoms with van der Waals surface area (Å²) in [5.41, 5.74) is 3.88. The van der Waals surface area contributed by atoms with Crippen molar-refractivity contribution in [3.05, 3.63) is 29.3 Å². The Labute approximate surface area is 91.5 Å². The van der Waals surface area contributed by atoms with E-state index in [-0.39, 0.29) is 12.1 Å². The molecule has 0 radical (unpaired) electrons. The minimum absolute atomic E-state index is 0.130. The van der Waals surface area contributed by atoms with Crippen LogP contribution >= 0.6 is 0 Å². The highest BCUT2D eigenvalue weighted by Crippen LogP contribution is 2.34. The Bertz CT molecular complexity index is 365. The molecule has 0 saturated heterocycles. The predicted molar refractivity (Wildman–Crippen MR) is 63.2 cm³/mol. The number of hydrogen-bond acceptors (Lipinski definition) is 2. The third-order valence-corrected chi connectivity index (χ3v) is 3.04. The van der Waals surface area contributed by atoms with Crippen molar-refractivity contribution in [1.82, 2.24) is 0 Å². The molecule has 2 rings (SSSR count). The van der Waals surface area contributed by atoms with Crippen LogP contribution in [0, 0.1) is 0 Å². The third-order valence-electron chi connectivity index (χ3n) is 3.04. The van der Waals surface area contributed by atoms with Crippen molar-refractivity contribution in [3.63, 3.8) is 0 Å². The van der Waals surface area contributed by atoms with Crippen LogP contribution in [0.25, 0.3) is 0 Å². The first kappa shape index (κ1) is 10.5. The van der Waals surface area contributed by atoms with Gasteiger partial charge in [0.2, 0.25) is 0 Å². The maximum absolute atomic E-state index is 9.14. The fraction of sp³-hybridized carbons (Fsp3) is 0.538. The van der Waals surface area contributed by atoms with Crippen molar-refractivity contribution in [3.8, 4) is 0 Å². The highest BCUT2D eigenvalue weighted by Gasteiger charge is 2.28. The molecule has 1 N–H and O–H groups in total. The number of aliphatic hydroxyl groups excluding tert-OH is 1. The smallest absolute Gasteiger partial charge is 0.0682 e. The van der Waals surface area contributed by atoms with Crippen LogP contribution < -0.4 is 4.90 Å². The topological polar surface area (TPSA) is 23.5 Å². The largest absolute Gasteiger partial charge is 0.392 e. The van der Waals surface area contributed by atoms with Crippen LogP contribution in [0.1, 0.15) is 31.9 Å². The maximum Gasteiger partial charge on any atom is 0.0682 e. The summed E-state index contributed by atoms with van der Waals surface area (Å²) in [7, 11) is 0. The van der Waals surface area contributed by atoms with Gasteiger partial charge in [0.15, 0.2) is 0 Å². The lowest BCUT2D eigenvalue weighted by Gasteiger charge is -2.34. The van der Waals surface area contributed by atoms with E-state index in [4.69, 9.17) is 5.11 Å². The van der Waals surface area contributed by atoms with Crippen LogP contribution in [0.15, 0.2) is 18.2 Å². The Kier molecular flexibility index (Phi) is 2.47. The molecule has 0 aromatic heterocycles. The molecule has 1 heterocycles.